The van der Waals surface area contributed by atoms with Crippen molar-refractivity contribution in [3.8, 4) is 0 Å². The molecule has 0 aliphatic heterocycles. The molecule has 0 amide bonds. The average molecular weight is 261 g/mol. The van der Waals surface area contributed by atoms with E-state index >= 15 is 0 Å². The summed E-state index contributed by atoms with van der Waals surface area (Å²) in [5.41, 5.74) is 7.21. The molecule has 1 heterocycles. The summed E-state index contributed by atoms with van der Waals surface area (Å²) < 4.78 is 0. The van der Waals surface area contributed by atoms with Crippen molar-refractivity contribution in [2.24, 2.45) is 17.3 Å². The monoisotopic (exact) mass is 261 g/mol. The maximum atomic E-state index is 5.65. The van der Waals surface area contributed by atoms with Crippen LogP contribution in [-0.4, -0.2) is 9.97 Å². The van der Waals surface area contributed by atoms with Crippen LogP contribution in [0, 0.1) is 17.3 Å². The number of anilines is 1. The molecule has 2 rings (SSSR count). The molecule has 1 aliphatic carbocycles. The number of hydrogen-bond acceptors (Lipinski definition) is 3. The van der Waals surface area contributed by atoms with Gasteiger partial charge < -0.3 is 5.73 Å². The summed E-state index contributed by atoms with van der Waals surface area (Å²) >= 11 is 0. The molecule has 1 aliphatic rings. The first-order valence-electron chi connectivity index (χ1n) is 7.52. The Bertz CT molecular complexity index is 409. The van der Waals surface area contributed by atoms with Gasteiger partial charge in [0.05, 0.1) is 0 Å². The van der Waals surface area contributed by atoms with Crippen molar-refractivity contribution >= 4 is 5.95 Å². The summed E-state index contributed by atoms with van der Waals surface area (Å²) in [6, 6.07) is 2.00. The van der Waals surface area contributed by atoms with E-state index in [-0.39, 0.29) is 0 Å². The van der Waals surface area contributed by atoms with Crippen LogP contribution in [0.4, 0.5) is 5.95 Å². The van der Waals surface area contributed by atoms with Crippen molar-refractivity contribution in [3.63, 3.8) is 0 Å². The van der Waals surface area contributed by atoms with Crippen LogP contribution in [-0.2, 0) is 6.42 Å². The van der Waals surface area contributed by atoms with E-state index in [2.05, 4.69) is 30.7 Å². The highest BCUT2D eigenvalue weighted by Crippen LogP contribution is 2.38. The number of nitrogens with zero attached hydrogens (tertiary/aromatic N) is 2. The van der Waals surface area contributed by atoms with Crippen LogP contribution in [0.1, 0.15) is 58.6 Å². The van der Waals surface area contributed by atoms with E-state index in [0.717, 1.165) is 24.0 Å². The third-order valence-electron chi connectivity index (χ3n) is 4.54. The second kappa shape index (κ2) is 5.89. The molecule has 19 heavy (non-hydrogen) atoms. The zero-order chi connectivity index (χ0) is 13.9. The van der Waals surface area contributed by atoms with Gasteiger partial charge in [-0.25, -0.2) is 9.97 Å². The summed E-state index contributed by atoms with van der Waals surface area (Å²) in [6.07, 6.45) is 9.58. The Hall–Kier alpha value is -1.12. The smallest absolute Gasteiger partial charge is 0.220 e. The van der Waals surface area contributed by atoms with E-state index in [4.69, 9.17) is 5.73 Å². The van der Waals surface area contributed by atoms with Crippen molar-refractivity contribution < 1.29 is 0 Å². The molecule has 2 N–H and O–H groups in total. The quantitative estimate of drug-likeness (QED) is 0.823. The molecule has 2 atom stereocenters. The number of rotatable bonds is 2. The van der Waals surface area contributed by atoms with Gasteiger partial charge in [-0.3, -0.25) is 0 Å². The largest absolute Gasteiger partial charge is 0.368 e. The Kier molecular flexibility index (Phi) is 4.43. The molecular weight excluding hydrogens is 234 g/mol. The summed E-state index contributed by atoms with van der Waals surface area (Å²) in [7, 11) is 0. The molecule has 3 heteroatoms. The van der Waals surface area contributed by atoms with Crippen LogP contribution in [0.2, 0.25) is 0 Å². The van der Waals surface area contributed by atoms with Gasteiger partial charge in [-0.15, -0.1) is 0 Å². The van der Waals surface area contributed by atoms with E-state index < -0.39 is 0 Å². The third kappa shape index (κ3) is 4.19. The van der Waals surface area contributed by atoms with Crippen molar-refractivity contribution in [3.05, 3.63) is 18.0 Å². The van der Waals surface area contributed by atoms with E-state index in [1.807, 2.05) is 6.07 Å². The number of hydrogen-bond donors (Lipinski definition) is 1. The molecule has 0 spiro atoms. The Morgan fingerprint density at radius 2 is 2.00 bits per heavy atom. The highest BCUT2D eigenvalue weighted by atomic mass is 15.0. The van der Waals surface area contributed by atoms with Crippen molar-refractivity contribution in [1.29, 1.82) is 0 Å². The Labute approximate surface area is 117 Å². The molecular formula is C16H27N3. The first kappa shape index (κ1) is 14.3. The van der Waals surface area contributed by atoms with Crippen LogP contribution in [0.5, 0.6) is 0 Å². The van der Waals surface area contributed by atoms with Gasteiger partial charge in [0.2, 0.25) is 5.95 Å². The zero-order valence-electron chi connectivity index (χ0n) is 12.5. The van der Waals surface area contributed by atoms with Crippen molar-refractivity contribution in [2.75, 3.05) is 5.73 Å². The molecule has 0 radical (unpaired) electrons. The summed E-state index contributed by atoms with van der Waals surface area (Å²) in [6.45, 7) is 7.13. The standard InChI is InChI=1S/C16H27N3/c1-16(2,3)13-6-4-5-12(7-8-13)11-14-9-10-18-15(17)19-14/h9-10,12-13H,4-8,11H2,1-3H3,(H2,17,18,19). The van der Waals surface area contributed by atoms with Gasteiger partial charge in [-0.2, -0.15) is 0 Å². The predicted molar refractivity (Wildman–Crippen MR) is 79.7 cm³/mol. The number of nitrogen functional groups attached to an aromatic ring is 1. The van der Waals surface area contributed by atoms with Gasteiger partial charge in [0.25, 0.3) is 0 Å². The molecule has 0 bridgehead atoms. The minimum Gasteiger partial charge on any atom is -0.368 e. The summed E-state index contributed by atoms with van der Waals surface area (Å²) in [5, 5.41) is 0. The SMILES string of the molecule is CC(C)(C)C1CCCC(Cc2ccnc(N)n2)CC1. The molecule has 0 saturated heterocycles. The minimum absolute atomic E-state index is 0.402. The minimum atomic E-state index is 0.402. The third-order valence-corrected chi connectivity index (χ3v) is 4.54. The molecule has 1 aromatic rings. The average Bonchev–Trinajstić information content (AvgIpc) is 2.54. The Morgan fingerprint density at radius 1 is 1.21 bits per heavy atom. The van der Waals surface area contributed by atoms with Crippen LogP contribution in [0.3, 0.4) is 0 Å². The molecule has 1 saturated carbocycles. The summed E-state index contributed by atoms with van der Waals surface area (Å²) in [5.74, 6) is 2.04. The van der Waals surface area contributed by atoms with Gasteiger partial charge in [-0.05, 0) is 49.0 Å². The van der Waals surface area contributed by atoms with E-state index in [1.165, 1.54) is 32.1 Å². The fraction of sp³-hybridized carbons (Fsp3) is 0.750. The lowest BCUT2D eigenvalue weighted by Gasteiger charge is -2.29. The maximum absolute atomic E-state index is 5.65. The van der Waals surface area contributed by atoms with E-state index in [9.17, 15) is 0 Å². The van der Waals surface area contributed by atoms with Crippen molar-refractivity contribution in [2.45, 2.75) is 59.3 Å². The lowest BCUT2D eigenvalue weighted by atomic mass is 9.76. The highest BCUT2D eigenvalue weighted by Gasteiger charge is 2.27. The highest BCUT2D eigenvalue weighted by molar-refractivity contribution is 5.17. The molecule has 1 fully saturated rings. The Balaban J connectivity index is 1.93. The first-order chi connectivity index (χ1) is 8.95. The topological polar surface area (TPSA) is 51.8 Å². The van der Waals surface area contributed by atoms with Crippen LogP contribution < -0.4 is 5.73 Å². The van der Waals surface area contributed by atoms with Crippen molar-refractivity contribution in [1.82, 2.24) is 9.97 Å². The molecule has 1 aromatic heterocycles. The molecule has 2 unspecified atom stereocenters. The second-order valence-electron chi connectivity index (χ2n) is 7.05. The zero-order valence-corrected chi connectivity index (χ0v) is 12.5. The van der Waals surface area contributed by atoms with Gasteiger partial charge in [0.1, 0.15) is 0 Å². The molecule has 106 valence electrons. The van der Waals surface area contributed by atoms with E-state index in [0.29, 0.717) is 11.4 Å². The first-order valence-corrected chi connectivity index (χ1v) is 7.52. The fourth-order valence-corrected chi connectivity index (χ4v) is 3.27. The molecule has 3 nitrogen and oxygen atoms in total. The van der Waals surface area contributed by atoms with Crippen LogP contribution in [0.15, 0.2) is 12.3 Å². The fourth-order valence-electron chi connectivity index (χ4n) is 3.27. The van der Waals surface area contributed by atoms with Gasteiger partial charge >= 0.3 is 0 Å². The predicted octanol–water partition coefficient (Wildman–Crippen LogP) is 3.84. The number of aromatic nitrogens is 2. The lowest BCUT2D eigenvalue weighted by molar-refractivity contribution is 0.212. The lowest BCUT2D eigenvalue weighted by Crippen LogP contribution is -2.19. The summed E-state index contributed by atoms with van der Waals surface area (Å²) in [4.78, 5) is 8.29. The van der Waals surface area contributed by atoms with Gasteiger partial charge in [0.15, 0.2) is 0 Å². The Morgan fingerprint density at radius 3 is 2.68 bits per heavy atom. The van der Waals surface area contributed by atoms with Crippen LogP contribution >= 0.6 is 0 Å². The van der Waals surface area contributed by atoms with Crippen LogP contribution in [0.25, 0.3) is 0 Å². The number of nitrogens with two attached hydrogens (primary N) is 1. The van der Waals surface area contributed by atoms with E-state index in [1.54, 1.807) is 6.20 Å². The van der Waals surface area contributed by atoms with Gasteiger partial charge in [0, 0.05) is 11.9 Å². The van der Waals surface area contributed by atoms with Gasteiger partial charge in [-0.1, -0.05) is 33.6 Å². The maximum Gasteiger partial charge on any atom is 0.220 e. The second-order valence-corrected chi connectivity index (χ2v) is 7.05. The molecule has 0 aromatic carbocycles. The normalized spacial score (nSPS) is 25.0.